The van der Waals surface area contributed by atoms with E-state index in [0.717, 1.165) is 18.5 Å². The molecule has 14 heavy (non-hydrogen) atoms. The van der Waals surface area contributed by atoms with Gasteiger partial charge in [-0.1, -0.05) is 0 Å². The van der Waals surface area contributed by atoms with Gasteiger partial charge in [0.05, 0.1) is 11.1 Å². The number of alkyl halides is 3. The topological polar surface area (TPSA) is 53.8 Å². The molecule has 1 aromatic heterocycles. The fourth-order valence-electron chi connectivity index (χ4n) is 0.826. The molecule has 0 amide bonds. The lowest BCUT2D eigenvalue weighted by atomic mass is 10.1. The first-order valence-electron chi connectivity index (χ1n) is 3.42. The smallest absolute Gasteiger partial charge is 0.284 e. The maximum atomic E-state index is 12.0. The minimum atomic E-state index is -4.98. The lowest BCUT2D eigenvalue weighted by Crippen LogP contribution is -2.23. The summed E-state index contributed by atoms with van der Waals surface area (Å²) < 4.78 is 35.9. The highest BCUT2D eigenvalue weighted by molar-refractivity contribution is 6.01. The van der Waals surface area contributed by atoms with E-state index in [1.165, 1.54) is 6.07 Å². The Labute approximate surface area is 76.8 Å². The number of carbonyl (C=O) groups is 1. The Balaban J connectivity index is 3.22. The number of nitrogens with zero attached hydrogens (tertiary/aromatic N) is 2. The van der Waals surface area contributed by atoms with E-state index >= 15 is 0 Å². The van der Waals surface area contributed by atoms with Crippen molar-refractivity contribution in [2.45, 2.75) is 6.18 Å². The average Bonchev–Trinajstić information content (AvgIpc) is 2.15. The quantitative estimate of drug-likeness (QED) is 0.648. The zero-order chi connectivity index (χ0) is 10.8. The van der Waals surface area contributed by atoms with E-state index in [0.29, 0.717) is 0 Å². The third-order valence-corrected chi connectivity index (χ3v) is 1.44. The average molecular weight is 200 g/mol. The second-order valence-electron chi connectivity index (χ2n) is 2.36. The molecule has 3 nitrogen and oxygen atoms in total. The number of nitriles is 1. The molecule has 0 aliphatic carbocycles. The summed E-state index contributed by atoms with van der Waals surface area (Å²) in [6.07, 6.45) is -3.10. The van der Waals surface area contributed by atoms with E-state index in [9.17, 15) is 18.0 Å². The van der Waals surface area contributed by atoms with Crippen molar-refractivity contribution in [1.82, 2.24) is 4.98 Å². The van der Waals surface area contributed by atoms with Gasteiger partial charge < -0.3 is 0 Å². The summed E-state index contributed by atoms with van der Waals surface area (Å²) in [5.74, 6) is -2.05. The van der Waals surface area contributed by atoms with Crippen molar-refractivity contribution in [3.8, 4) is 6.07 Å². The molecule has 0 N–H and O–H groups in total. The van der Waals surface area contributed by atoms with E-state index in [4.69, 9.17) is 5.26 Å². The Hall–Kier alpha value is -1.90. The van der Waals surface area contributed by atoms with Gasteiger partial charge in [0.1, 0.15) is 6.07 Å². The molecule has 0 unspecified atom stereocenters. The van der Waals surface area contributed by atoms with Gasteiger partial charge in [-0.25, -0.2) is 0 Å². The van der Waals surface area contributed by atoms with Crippen LogP contribution in [0, 0.1) is 11.3 Å². The van der Waals surface area contributed by atoms with Crippen LogP contribution in [0.4, 0.5) is 13.2 Å². The summed E-state index contributed by atoms with van der Waals surface area (Å²) in [4.78, 5) is 14.1. The Bertz CT molecular complexity index is 406. The lowest BCUT2D eigenvalue weighted by molar-refractivity contribution is -0.0885. The van der Waals surface area contributed by atoms with Gasteiger partial charge in [-0.15, -0.1) is 0 Å². The van der Waals surface area contributed by atoms with Gasteiger partial charge in [-0.3, -0.25) is 9.78 Å². The maximum Gasteiger partial charge on any atom is 0.454 e. The first kappa shape index (κ1) is 10.2. The first-order valence-corrected chi connectivity index (χ1v) is 3.42. The number of Topliss-reactive ketones (excluding diaryl/α,β-unsaturated/α-hetero) is 1. The second-order valence-corrected chi connectivity index (χ2v) is 2.36. The van der Waals surface area contributed by atoms with Gasteiger partial charge in [-0.2, -0.15) is 18.4 Å². The number of pyridine rings is 1. The monoisotopic (exact) mass is 200 g/mol. The highest BCUT2D eigenvalue weighted by atomic mass is 19.4. The summed E-state index contributed by atoms with van der Waals surface area (Å²) in [5.41, 5.74) is -1.05. The van der Waals surface area contributed by atoms with Crippen LogP contribution in [0.15, 0.2) is 18.5 Å². The molecule has 0 atom stereocenters. The summed E-state index contributed by atoms with van der Waals surface area (Å²) in [6.45, 7) is 0. The second kappa shape index (κ2) is 3.46. The molecule has 0 aromatic carbocycles. The molecule has 1 aromatic rings. The predicted molar refractivity (Wildman–Crippen MR) is 39.3 cm³/mol. The largest absolute Gasteiger partial charge is 0.454 e. The summed E-state index contributed by atoms with van der Waals surface area (Å²) in [6, 6.07) is 2.54. The van der Waals surface area contributed by atoms with Crippen LogP contribution >= 0.6 is 0 Å². The number of hydrogen-bond donors (Lipinski definition) is 0. The maximum absolute atomic E-state index is 12.0. The van der Waals surface area contributed by atoms with Crippen molar-refractivity contribution < 1.29 is 18.0 Å². The predicted octanol–water partition coefficient (Wildman–Crippen LogP) is 1.70. The van der Waals surface area contributed by atoms with Crippen LogP contribution in [-0.2, 0) is 0 Å². The third-order valence-electron chi connectivity index (χ3n) is 1.44. The molecule has 0 saturated heterocycles. The fraction of sp³-hybridized carbons (Fsp3) is 0.125. The van der Waals surface area contributed by atoms with Crippen LogP contribution in [0.1, 0.15) is 15.9 Å². The van der Waals surface area contributed by atoms with Gasteiger partial charge in [0.2, 0.25) is 0 Å². The van der Waals surface area contributed by atoms with Crippen LogP contribution in [-0.4, -0.2) is 16.9 Å². The van der Waals surface area contributed by atoms with Gasteiger partial charge in [0.25, 0.3) is 5.78 Å². The highest BCUT2D eigenvalue weighted by Crippen LogP contribution is 2.22. The Kier molecular flexibility index (Phi) is 2.51. The van der Waals surface area contributed by atoms with Crippen molar-refractivity contribution in [2.24, 2.45) is 0 Å². The molecule has 6 heteroatoms. The summed E-state index contributed by atoms with van der Waals surface area (Å²) in [7, 11) is 0. The SMILES string of the molecule is N#Cc1ccncc1C(=O)C(F)(F)F. The van der Waals surface area contributed by atoms with Gasteiger partial charge in [0, 0.05) is 12.4 Å². The molecule has 0 bridgehead atoms. The van der Waals surface area contributed by atoms with Crippen LogP contribution in [0.25, 0.3) is 0 Å². The molecular weight excluding hydrogens is 197 g/mol. The number of carbonyl (C=O) groups excluding carboxylic acids is 1. The normalized spacial score (nSPS) is 10.7. The van der Waals surface area contributed by atoms with Crippen molar-refractivity contribution >= 4 is 5.78 Å². The molecular formula is C8H3F3N2O. The number of rotatable bonds is 1. The molecule has 0 fully saturated rings. The Morgan fingerprint density at radius 1 is 1.50 bits per heavy atom. The van der Waals surface area contributed by atoms with Crippen molar-refractivity contribution in [2.75, 3.05) is 0 Å². The number of aromatic nitrogens is 1. The molecule has 1 heterocycles. The number of ketones is 1. The van der Waals surface area contributed by atoms with E-state index in [1.54, 1.807) is 0 Å². The molecule has 0 saturated carbocycles. The van der Waals surface area contributed by atoms with Crippen LogP contribution in [0.2, 0.25) is 0 Å². The van der Waals surface area contributed by atoms with Crippen molar-refractivity contribution in [3.05, 3.63) is 29.6 Å². The van der Waals surface area contributed by atoms with E-state index < -0.39 is 17.5 Å². The van der Waals surface area contributed by atoms with Crippen molar-refractivity contribution in [3.63, 3.8) is 0 Å². The van der Waals surface area contributed by atoms with E-state index in [1.807, 2.05) is 0 Å². The molecule has 0 aliphatic heterocycles. The van der Waals surface area contributed by atoms with Crippen molar-refractivity contribution in [1.29, 1.82) is 5.26 Å². The molecule has 72 valence electrons. The lowest BCUT2D eigenvalue weighted by Gasteiger charge is -2.05. The van der Waals surface area contributed by atoms with Crippen LogP contribution in [0.3, 0.4) is 0 Å². The minimum Gasteiger partial charge on any atom is -0.284 e. The fourth-order valence-corrected chi connectivity index (χ4v) is 0.826. The van der Waals surface area contributed by atoms with E-state index in [-0.39, 0.29) is 5.56 Å². The number of hydrogen-bond acceptors (Lipinski definition) is 3. The molecule has 0 spiro atoms. The minimum absolute atomic E-state index is 0.331. The molecule has 0 aliphatic rings. The third kappa shape index (κ3) is 1.88. The standard InChI is InChI=1S/C8H3F3N2O/c9-8(10,11)7(14)6-4-13-2-1-5(6)3-12/h1-2,4H. The molecule has 1 rings (SSSR count). The highest BCUT2D eigenvalue weighted by Gasteiger charge is 2.40. The Morgan fingerprint density at radius 3 is 2.64 bits per heavy atom. The summed E-state index contributed by atoms with van der Waals surface area (Å²) >= 11 is 0. The van der Waals surface area contributed by atoms with Crippen LogP contribution < -0.4 is 0 Å². The zero-order valence-corrected chi connectivity index (χ0v) is 6.67. The number of halogens is 3. The van der Waals surface area contributed by atoms with E-state index in [2.05, 4.69) is 4.98 Å². The van der Waals surface area contributed by atoms with Crippen LogP contribution in [0.5, 0.6) is 0 Å². The van der Waals surface area contributed by atoms with Gasteiger partial charge >= 0.3 is 6.18 Å². The summed E-state index contributed by atoms with van der Waals surface area (Å²) in [5, 5.41) is 8.44. The van der Waals surface area contributed by atoms with Gasteiger partial charge in [-0.05, 0) is 6.07 Å². The zero-order valence-electron chi connectivity index (χ0n) is 6.67. The Morgan fingerprint density at radius 2 is 2.14 bits per heavy atom. The van der Waals surface area contributed by atoms with Gasteiger partial charge in [0.15, 0.2) is 0 Å². The molecule has 0 radical (unpaired) electrons. The first-order chi connectivity index (χ1) is 6.46.